The van der Waals surface area contributed by atoms with E-state index in [-0.39, 0.29) is 5.97 Å². The van der Waals surface area contributed by atoms with Gasteiger partial charge in [0.2, 0.25) is 0 Å². The second-order valence-electron chi connectivity index (χ2n) is 4.29. The molecule has 0 N–H and O–H groups in total. The van der Waals surface area contributed by atoms with Gasteiger partial charge >= 0.3 is 5.97 Å². The number of esters is 1. The number of carbonyl (C=O) groups is 1. The van der Waals surface area contributed by atoms with Gasteiger partial charge in [0.25, 0.3) is 0 Å². The van der Waals surface area contributed by atoms with Crippen LogP contribution in [-0.4, -0.2) is 5.97 Å². The van der Waals surface area contributed by atoms with Crippen molar-refractivity contribution in [2.45, 2.75) is 52.6 Å². The van der Waals surface area contributed by atoms with Crippen molar-refractivity contribution in [3.05, 3.63) is 35.4 Å². The lowest BCUT2D eigenvalue weighted by atomic mass is 10.1. The van der Waals surface area contributed by atoms with Crippen LogP contribution >= 0.6 is 0 Å². The van der Waals surface area contributed by atoms with Crippen molar-refractivity contribution in [1.82, 2.24) is 0 Å². The summed E-state index contributed by atoms with van der Waals surface area (Å²) in [7, 11) is 0. The van der Waals surface area contributed by atoms with Gasteiger partial charge in [0, 0.05) is 6.42 Å². The monoisotopic (exact) mass is 234 g/mol. The molecule has 0 radical (unpaired) electrons. The van der Waals surface area contributed by atoms with Crippen LogP contribution in [0.1, 0.15) is 50.7 Å². The maximum Gasteiger partial charge on any atom is 0.306 e. The number of rotatable bonds is 7. The van der Waals surface area contributed by atoms with E-state index in [9.17, 15) is 4.79 Å². The molecule has 1 rings (SSSR count). The summed E-state index contributed by atoms with van der Waals surface area (Å²) in [5, 5.41) is 0. The summed E-state index contributed by atoms with van der Waals surface area (Å²) >= 11 is 0. The van der Waals surface area contributed by atoms with E-state index in [2.05, 4.69) is 26.0 Å². The Kier molecular flexibility index (Phi) is 6.38. The van der Waals surface area contributed by atoms with Gasteiger partial charge in [-0.2, -0.15) is 0 Å². The quantitative estimate of drug-likeness (QED) is 0.529. The van der Waals surface area contributed by atoms with Crippen LogP contribution in [0.3, 0.4) is 0 Å². The van der Waals surface area contributed by atoms with Gasteiger partial charge in [-0.1, -0.05) is 51.0 Å². The Hall–Kier alpha value is -1.31. The molecule has 1 aromatic carbocycles. The minimum atomic E-state index is -0.0852. The number of hydrogen-bond donors (Lipinski definition) is 0. The lowest BCUT2D eigenvalue weighted by Crippen LogP contribution is -2.04. The first-order chi connectivity index (χ1) is 8.26. The molecule has 0 unspecified atom stereocenters. The minimum Gasteiger partial charge on any atom is -0.461 e. The average molecular weight is 234 g/mol. The Labute approximate surface area is 104 Å². The lowest BCUT2D eigenvalue weighted by Gasteiger charge is -2.05. The Morgan fingerprint density at radius 1 is 1.06 bits per heavy atom. The van der Waals surface area contributed by atoms with Crippen molar-refractivity contribution in [2.75, 3.05) is 0 Å². The zero-order valence-corrected chi connectivity index (χ0v) is 10.9. The maximum absolute atomic E-state index is 11.4. The van der Waals surface area contributed by atoms with E-state index in [4.69, 9.17) is 4.74 Å². The second-order valence-corrected chi connectivity index (χ2v) is 4.29. The third-order valence-electron chi connectivity index (χ3n) is 2.82. The first kappa shape index (κ1) is 13.8. The van der Waals surface area contributed by atoms with Crippen LogP contribution < -0.4 is 0 Å². The standard InChI is InChI=1S/C15H22O2/c1-3-5-6-7-15(16)17-12-14-10-8-13(4-2)9-11-14/h8-11H,3-7,12H2,1-2H3. The van der Waals surface area contributed by atoms with E-state index in [1.807, 2.05) is 12.1 Å². The molecule has 0 spiro atoms. The zero-order chi connectivity index (χ0) is 12.5. The Morgan fingerprint density at radius 3 is 2.29 bits per heavy atom. The molecule has 0 saturated carbocycles. The van der Waals surface area contributed by atoms with Gasteiger partial charge < -0.3 is 4.74 Å². The molecule has 0 aliphatic heterocycles. The highest BCUT2D eigenvalue weighted by atomic mass is 16.5. The van der Waals surface area contributed by atoms with E-state index >= 15 is 0 Å². The van der Waals surface area contributed by atoms with E-state index in [1.54, 1.807) is 0 Å². The molecular formula is C15H22O2. The number of benzene rings is 1. The molecule has 0 aliphatic rings. The summed E-state index contributed by atoms with van der Waals surface area (Å²) in [5.74, 6) is -0.0852. The van der Waals surface area contributed by atoms with Gasteiger partial charge in [-0.3, -0.25) is 4.79 Å². The second kappa shape index (κ2) is 7.88. The van der Waals surface area contributed by atoms with Crippen molar-refractivity contribution in [2.24, 2.45) is 0 Å². The van der Waals surface area contributed by atoms with Gasteiger partial charge in [-0.15, -0.1) is 0 Å². The van der Waals surface area contributed by atoms with Crippen molar-refractivity contribution in [1.29, 1.82) is 0 Å². The van der Waals surface area contributed by atoms with Crippen molar-refractivity contribution >= 4 is 5.97 Å². The SMILES string of the molecule is CCCCCC(=O)OCc1ccc(CC)cc1. The number of aryl methyl sites for hydroxylation is 1. The summed E-state index contributed by atoms with van der Waals surface area (Å²) in [4.78, 5) is 11.4. The lowest BCUT2D eigenvalue weighted by molar-refractivity contribution is -0.145. The number of hydrogen-bond acceptors (Lipinski definition) is 2. The average Bonchev–Trinajstić information content (AvgIpc) is 2.37. The molecule has 0 aromatic heterocycles. The van der Waals surface area contributed by atoms with Crippen LogP contribution in [-0.2, 0) is 22.6 Å². The van der Waals surface area contributed by atoms with Crippen molar-refractivity contribution in [3.63, 3.8) is 0 Å². The van der Waals surface area contributed by atoms with E-state index < -0.39 is 0 Å². The topological polar surface area (TPSA) is 26.3 Å². The highest BCUT2D eigenvalue weighted by Crippen LogP contribution is 2.07. The van der Waals surface area contributed by atoms with Crippen LogP contribution in [0.2, 0.25) is 0 Å². The van der Waals surface area contributed by atoms with Crippen LogP contribution in [0.4, 0.5) is 0 Å². The molecule has 2 heteroatoms. The first-order valence-corrected chi connectivity index (χ1v) is 6.49. The van der Waals surface area contributed by atoms with E-state index in [0.29, 0.717) is 13.0 Å². The molecule has 1 aromatic rings. The van der Waals surface area contributed by atoms with E-state index in [1.165, 1.54) is 5.56 Å². The molecular weight excluding hydrogens is 212 g/mol. The molecule has 0 fully saturated rings. The predicted molar refractivity (Wildman–Crippen MR) is 69.8 cm³/mol. The van der Waals surface area contributed by atoms with Crippen LogP contribution in [0, 0.1) is 0 Å². The van der Waals surface area contributed by atoms with Crippen molar-refractivity contribution < 1.29 is 9.53 Å². The largest absolute Gasteiger partial charge is 0.461 e. The molecule has 0 bridgehead atoms. The van der Waals surface area contributed by atoms with Gasteiger partial charge in [-0.05, 0) is 24.0 Å². The highest BCUT2D eigenvalue weighted by molar-refractivity contribution is 5.69. The number of unbranched alkanes of at least 4 members (excludes halogenated alkanes) is 2. The molecule has 0 amide bonds. The van der Waals surface area contributed by atoms with E-state index in [0.717, 1.165) is 31.2 Å². The van der Waals surface area contributed by atoms with Crippen LogP contribution in [0.15, 0.2) is 24.3 Å². The Balaban J connectivity index is 2.27. The molecule has 2 nitrogen and oxygen atoms in total. The normalized spacial score (nSPS) is 10.2. The summed E-state index contributed by atoms with van der Waals surface area (Å²) < 4.78 is 5.21. The molecule has 0 heterocycles. The smallest absolute Gasteiger partial charge is 0.306 e. The molecule has 0 saturated heterocycles. The fourth-order valence-corrected chi connectivity index (χ4v) is 1.63. The third kappa shape index (κ3) is 5.53. The van der Waals surface area contributed by atoms with Gasteiger partial charge in [0.05, 0.1) is 0 Å². The fourth-order valence-electron chi connectivity index (χ4n) is 1.63. The van der Waals surface area contributed by atoms with Gasteiger partial charge in [0.1, 0.15) is 6.61 Å². The minimum absolute atomic E-state index is 0.0852. The highest BCUT2D eigenvalue weighted by Gasteiger charge is 2.02. The summed E-state index contributed by atoms with van der Waals surface area (Å²) in [6, 6.07) is 8.22. The molecule has 94 valence electrons. The van der Waals surface area contributed by atoms with Gasteiger partial charge in [0.15, 0.2) is 0 Å². The number of carbonyl (C=O) groups excluding carboxylic acids is 1. The summed E-state index contributed by atoms with van der Waals surface area (Å²) in [6.45, 7) is 4.65. The zero-order valence-electron chi connectivity index (χ0n) is 10.9. The van der Waals surface area contributed by atoms with Crippen LogP contribution in [0.25, 0.3) is 0 Å². The fraction of sp³-hybridized carbons (Fsp3) is 0.533. The number of ether oxygens (including phenoxy) is 1. The molecule has 0 atom stereocenters. The Morgan fingerprint density at radius 2 is 1.71 bits per heavy atom. The first-order valence-electron chi connectivity index (χ1n) is 6.49. The Bertz CT molecular complexity index is 327. The molecule has 0 aliphatic carbocycles. The van der Waals surface area contributed by atoms with Crippen molar-refractivity contribution in [3.8, 4) is 0 Å². The third-order valence-corrected chi connectivity index (χ3v) is 2.82. The summed E-state index contributed by atoms with van der Waals surface area (Å²) in [5.41, 5.74) is 2.37. The van der Waals surface area contributed by atoms with Gasteiger partial charge in [-0.25, -0.2) is 0 Å². The van der Waals surface area contributed by atoms with Crippen LogP contribution in [0.5, 0.6) is 0 Å². The maximum atomic E-state index is 11.4. The predicted octanol–water partition coefficient (Wildman–Crippen LogP) is 3.87. The molecule has 17 heavy (non-hydrogen) atoms. The summed E-state index contributed by atoms with van der Waals surface area (Å²) in [6.07, 6.45) is 4.74.